The minimum Gasteiger partial charge on any atom is -0.496 e. The Balaban J connectivity index is 1.91. The van der Waals surface area contributed by atoms with E-state index >= 15 is 0 Å². The number of rotatable bonds is 7. The van der Waals surface area contributed by atoms with Crippen LogP contribution in [-0.2, 0) is 6.42 Å². The van der Waals surface area contributed by atoms with Gasteiger partial charge in [-0.3, -0.25) is 0 Å². The molecule has 1 unspecified atom stereocenters. The van der Waals surface area contributed by atoms with Crippen LogP contribution in [0, 0.1) is 13.8 Å². The molecule has 2 N–H and O–H groups in total. The Labute approximate surface area is 155 Å². The highest BCUT2D eigenvalue weighted by atomic mass is 16.5. The number of aryl methyl sites for hydroxylation is 2. The monoisotopic (exact) mass is 356 g/mol. The first-order valence-corrected chi connectivity index (χ1v) is 8.77. The van der Waals surface area contributed by atoms with Gasteiger partial charge in [-0.25, -0.2) is 4.79 Å². The lowest BCUT2D eigenvalue weighted by Crippen LogP contribution is -2.38. The second-order valence-corrected chi connectivity index (χ2v) is 6.43. The molecular formula is C21H28N2O3. The summed E-state index contributed by atoms with van der Waals surface area (Å²) in [5.74, 6) is 1.61. The lowest BCUT2D eigenvalue weighted by molar-refractivity contribution is 0.237. The molecule has 2 amide bonds. The van der Waals surface area contributed by atoms with Gasteiger partial charge in [0, 0.05) is 12.1 Å². The highest BCUT2D eigenvalue weighted by Gasteiger charge is 2.14. The van der Waals surface area contributed by atoms with Crippen molar-refractivity contribution in [2.45, 2.75) is 33.2 Å². The largest absolute Gasteiger partial charge is 0.496 e. The van der Waals surface area contributed by atoms with Gasteiger partial charge in [0.05, 0.1) is 20.3 Å². The second kappa shape index (κ2) is 9.13. The Morgan fingerprint density at radius 2 is 1.62 bits per heavy atom. The van der Waals surface area contributed by atoms with Gasteiger partial charge in [0.15, 0.2) is 0 Å². The maximum Gasteiger partial charge on any atom is 0.315 e. The van der Waals surface area contributed by atoms with Crippen molar-refractivity contribution in [2.24, 2.45) is 0 Å². The van der Waals surface area contributed by atoms with Crippen molar-refractivity contribution in [2.75, 3.05) is 20.8 Å². The van der Waals surface area contributed by atoms with Gasteiger partial charge in [-0.1, -0.05) is 35.4 Å². The molecule has 2 aromatic rings. The molecule has 0 bridgehead atoms. The molecule has 26 heavy (non-hydrogen) atoms. The SMILES string of the molecule is COc1ccc(C)cc1CCNC(=O)NC(C)c1cc(C)ccc1OC. The van der Waals surface area contributed by atoms with Crippen molar-refractivity contribution in [3.05, 3.63) is 58.7 Å². The molecule has 0 heterocycles. The highest BCUT2D eigenvalue weighted by molar-refractivity contribution is 5.74. The van der Waals surface area contributed by atoms with Crippen LogP contribution < -0.4 is 20.1 Å². The lowest BCUT2D eigenvalue weighted by atomic mass is 10.0. The van der Waals surface area contributed by atoms with E-state index in [2.05, 4.69) is 16.7 Å². The molecule has 2 rings (SSSR count). The standard InChI is InChI=1S/C21H28N2O3/c1-14-6-8-19(25-4)17(12-14)10-11-22-21(24)23-16(3)18-13-15(2)7-9-20(18)26-5/h6-9,12-13,16H,10-11H2,1-5H3,(H2,22,23,24). The molecule has 5 nitrogen and oxygen atoms in total. The Bertz CT molecular complexity index is 759. The zero-order chi connectivity index (χ0) is 19.1. The fourth-order valence-corrected chi connectivity index (χ4v) is 2.93. The molecule has 5 heteroatoms. The molecule has 0 radical (unpaired) electrons. The molecule has 0 aliphatic heterocycles. The molecule has 0 fully saturated rings. The average Bonchev–Trinajstić information content (AvgIpc) is 2.61. The van der Waals surface area contributed by atoms with Crippen LogP contribution in [0.15, 0.2) is 36.4 Å². The molecular weight excluding hydrogens is 328 g/mol. The van der Waals surface area contributed by atoms with E-state index in [1.807, 2.05) is 51.1 Å². The minimum absolute atomic E-state index is 0.154. The summed E-state index contributed by atoms with van der Waals surface area (Å²) in [6.45, 7) is 6.54. The third kappa shape index (κ3) is 5.15. The summed E-state index contributed by atoms with van der Waals surface area (Å²) in [6.07, 6.45) is 0.709. The van der Waals surface area contributed by atoms with Crippen LogP contribution in [0.2, 0.25) is 0 Å². The number of nitrogens with one attached hydrogen (secondary N) is 2. The van der Waals surface area contributed by atoms with Crippen LogP contribution in [-0.4, -0.2) is 26.8 Å². The first-order valence-electron chi connectivity index (χ1n) is 8.77. The van der Waals surface area contributed by atoms with Crippen LogP contribution >= 0.6 is 0 Å². The summed E-state index contributed by atoms with van der Waals surface area (Å²) in [5, 5.41) is 5.87. The van der Waals surface area contributed by atoms with E-state index in [-0.39, 0.29) is 12.1 Å². The summed E-state index contributed by atoms with van der Waals surface area (Å²) in [7, 11) is 3.29. The van der Waals surface area contributed by atoms with Crippen LogP contribution in [0.1, 0.15) is 35.2 Å². The third-order valence-corrected chi connectivity index (χ3v) is 4.32. The molecule has 1 atom stereocenters. The number of methoxy groups -OCH3 is 2. The van der Waals surface area contributed by atoms with Crippen molar-refractivity contribution < 1.29 is 14.3 Å². The van der Waals surface area contributed by atoms with E-state index in [1.54, 1.807) is 14.2 Å². The first kappa shape index (κ1) is 19.6. The van der Waals surface area contributed by atoms with Crippen molar-refractivity contribution in [3.8, 4) is 11.5 Å². The zero-order valence-corrected chi connectivity index (χ0v) is 16.2. The number of amides is 2. The first-order chi connectivity index (χ1) is 12.4. The Kier molecular flexibility index (Phi) is 6.89. The van der Waals surface area contributed by atoms with Crippen LogP contribution in [0.25, 0.3) is 0 Å². The summed E-state index contributed by atoms with van der Waals surface area (Å²) in [4.78, 5) is 12.2. The number of hydrogen-bond acceptors (Lipinski definition) is 3. The maximum absolute atomic E-state index is 12.2. The molecule has 140 valence electrons. The Morgan fingerprint density at radius 3 is 2.27 bits per heavy atom. The van der Waals surface area contributed by atoms with Gasteiger partial charge in [-0.2, -0.15) is 0 Å². The van der Waals surface area contributed by atoms with Crippen molar-refractivity contribution >= 4 is 6.03 Å². The van der Waals surface area contributed by atoms with Gasteiger partial charge in [0.1, 0.15) is 11.5 Å². The van der Waals surface area contributed by atoms with E-state index < -0.39 is 0 Å². The van der Waals surface area contributed by atoms with E-state index in [4.69, 9.17) is 9.47 Å². The molecule has 0 saturated heterocycles. The predicted molar refractivity (Wildman–Crippen MR) is 104 cm³/mol. The molecule has 0 aliphatic carbocycles. The fourth-order valence-electron chi connectivity index (χ4n) is 2.93. The van der Waals surface area contributed by atoms with E-state index in [0.717, 1.165) is 28.2 Å². The quantitative estimate of drug-likeness (QED) is 0.790. The Morgan fingerprint density at radius 1 is 1.00 bits per heavy atom. The second-order valence-electron chi connectivity index (χ2n) is 6.43. The minimum atomic E-state index is -0.201. The summed E-state index contributed by atoms with van der Waals surface area (Å²) in [6, 6.07) is 11.6. The van der Waals surface area contributed by atoms with Crippen molar-refractivity contribution in [3.63, 3.8) is 0 Å². The van der Waals surface area contributed by atoms with Gasteiger partial charge in [-0.15, -0.1) is 0 Å². The van der Waals surface area contributed by atoms with E-state index in [9.17, 15) is 4.79 Å². The number of ether oxygens (including phenoxy) is 2. The van der Waals surface area contributed by atoms with Crippen LogP contribution in [0.5, 0.6) is 11.5 Å². The number of urea groups is 1. The van der Waals surface area contributed by atoms with Gasteiger partial charge in [0.25, 0.3) is 0 Å². The topological polar surface area (TPSA) is 59.6 Å². The van der Waals surface area contributed by atoms with Gasteiger partial charge in [0.2, 0.25) is 0 Å². The van der Waals surface area contributed by atoms with Crippen molar-refractivity contribution in [1.82, 2.24) is 10.6 Å². The normalized spacial score (nSPS) is 11.6. The zero-order valence-electron chi connectivity index (χ0n) is 16.2. The van der Waals surface area contributed by atoms with Crippen LogP contribution in [0.3, 0.4) is 0 Å². The number of carbonyl (C=O) groups excluding carboxylic acids is 1. The van der Waals surface area contributed by atoms with Gasteiger partial charge < -0.3 is 20.1 Å². The number of carbonyl (C=O) groups is 1. The lowest BCUT2D eigenvalue weighted by Gasteiger charge is -2.18. The highest BCUT2D eigenvalue weighted by Crippen LogP contribution is 2.26. The van der Waals surface area contributed by atoms with Gasteiger partial charge in [-0.05, 0) is 44.9 Å². The molecule has 0 aliphatic rings. The molecule has 2 aromatic carbocycles. The van der Waals surface area contributed by atoms with Crippen molar-refractivity contribution in [1.29, 1.82) is 0 Å². The fraction of sp³-hybridized carbons (Fsp3) is 0.381. The predicted octanol–water partition coefficient (Wildman–Crippen LogP) is 3.92. The number of benzene rings is 2. The summed E-state index contributed by atoms with van der Waals surface area (Å²) in [5.41, 5.74) is 4.34. The number of hydrogen-bond donors (Lipinski definition) is 2. The summed E-state index contributed by atoms with van der Waals surface area (Å²) >= 11 is 0. The molecule has 0 aromatic heterocycles. The average molecular weight is 356 g/mol. The van der Waals surface area contributed by atoms with E-state index in [1.165, 1.54) is 5.56 Å². The summed E-state index contributed by atoms with van der Waals surface area (Å²) < 4.78 is 10.8. The molecule has 0 spiro atoms. The Hall–Kier alpha value is -2.69. The third-order valence-electron chi connectivity index (χ3n) is 4.32. The molecule has 0 saturated carbocycles. The smallest absolute Gasteiger partial charge is 0.315 e. The maximum atomic E-state index is 12.2. The van der Waals surface area contributed by atoms with E-state index in [0.29, 0.717) is 13.0 Å². The van der Waals surface area contributed by atoms with Gasteiger partial charge >= 0.3 is 6.03 Å². The van der Waals surface area contributed by atoms with Crippen LogP contribution in [0.4, 0.5) is 4.79 Å².